The summed E-state index contributed by atoms with van der Waals surface area (Å²) in [7, 11) is 2.01. The quantitative estimate of drug-likeness (QED) is 0.163. The number of amides is 4. The zero-order chi connectivity index (χ0) is 33.6. The summed E-state index contributed by atoms with van der Waals surface area (Å²) in [4.78, 5) is 65.5. The van der Waals surface area contributed by atoms with Gasteiger partial charge in [0.05, 0.1) is 12.0 Å². The Hall–Kier alpha value is -5.19. The number of carbonyl (C=O) groups is 4. The Kier molecular flexibility index (Phi) is 8.05. The summed E-state index contributed by atoms with van der Waals surface area (Å²) >= 11 is 0. The third kappa shape index (κ3) is 5.70. The van der Waals surface area contributed by atoms with E-state index in [0.717, 1.165) is 47.9 Å². The van der Waals surface area contributed by atoms with E-state index in [1.54, 1.807) is 18.6 Å². The minimum atomic E-state index is -0.268. The number of carbonyl (C=O) groups excluding carboxylic acids is 4. The first-order valence-electron chi connectivity index (χ1n) is 17.1. The highest BCUT2D eigenvalue weighted by atomic mass is 16.2. The molecule has 10 heteroatoms. The highest BCUT2D eigenvalue weighted by Gasteiger charge is 2.35. The standard InChI is InChI=1S/C39H38N6O4/c1-41(20-22-44-38(48)31-11-4-8-28-33(43-19-16-40-25-43)15-14-32(35(28)31)39(44)49)17-5-18-42(24-26-12-13-26)21-23-45-36(46)29-9-2-6-27-7-3-10-30(34(27)29)37(45)47/h2-4,6-11,14-16,19,25-26H,5,12-13,17-18,20-24H2,1H3. The van der Waals surface area contributed by atoms with Crippen molar-refractivity contribution >= 4 is 45.2 Å². The smallest absolute Gasteiger partial charge is 0.261 e. The maximum atomic E-state index is 13.6. The Labute approximate surface area is 284 Å². The number of nitrogens with zero attached hydrogens (tertiary/aromatic N) is 6. The van der Waals surface area contributed by atoms with Crippen molar-refractivity contribution in [3.05, 3.63) is 108 Å². The maximum absolute atomic E-state index is 13.6. The molecule has 1 saturated carbocycles. The number of hydrogen-bond donors (Lipinski definition) is 0. The Morgan fingerprint density at radius 3 is 1.94 bits per heavy atom. The van der Waals surface area contributed by atoms with Crippen molar-refractivity contribution in [3.8, 4) is 5.69 Å². The summed E-state index contributed by atoms with van der Waals surface area (Å²) in [6.45, 7) is 4.40. The van der Waals surface area contributed by atoms with E-state index in [0.29, 0.717) is 59.7 Å². The first-order valence-corrected chi connectivity index (χ1v) is 17.1. The van der Waals surface area contributed by atoms with E-state index in [1.165, 1.54) is 22.6 Å². The first kappa shape index (κ1) is 31.1. The monoisotopic (exact) mass is 654 g/mol. The van der Waals surface area contributed by atoms with Gasteiger partial charge in [-0.1, -0.05) is 36.4 Å². The molecule has 1 aliphatic carbocycles. The zero-order valence-electron chi connectivity index (χ0n) is 27.5. The van der Waals surface area contributed by atoms with Crippen molar-refractivity contribution in [3.63, 3.8) is 0 Å². The van der Waals surface area contributed by atoms with Crippen molar-refractivity contribution in [1.29, 1.82) is 0 Å². The number of hydrogen-bond acceptors (Lipinski definition) is 7. The summed E-state index contributed by atoms with van der Waals surface area (Å²) < 4.78 is 1.89. The van der Waals surface area contributed by atoms with Gasteiger partial charge in [-0.2, -0.15) is 0 Å². The number of likely N-dealkylation sites (N-methyl/N-ethyl adjacent to an activating group) is 1. The molecule has 3 aliphatic rings. The third-order valence-corrected chi connectivity index (χ3v) is 10.2. The number of imide groups is 2. The van der Waals surface area contributed by atoms with Crippen molar-refractivity contribution in [2.24, 2.45) is 5.92 Å². The fourth-order valence-corrected chi connectivity index (χ4v) is 7.39. The van der Waals surface area contributed by atoms with Gasteiger partial charge in [0.15, 0.2) is 0 Å². The molecule has 0 radical (unpaired) electrons. The molecule has 0 spiro atoms. The summed E-state index contributed by atoms with van der Waals surface area (Å²) in [6, 6.07) is 20.6. The van der Waals surface area contributed by atoms with Gasteiger partial charge in [-0.05, 0) is 81.0 Å². The van der Waals surface area contributed by atoms with Gasteiger partial charge in [-0.15, -0.1) is 0 Å². The molecule has 0 saturated heterocycles. The average molecular weight is 655 g/mol. The highest BCUT2D eigenvalue weighted by Crippen LogP contribution is 2.34. The number of aromatic nitrogens is 2. The lowest BCUT2D eigenvalue weighted by atomic mass is 9.93. The topological polar surface area (TPSA) is 99.1 Å². The van der Waals surface area contributed by atoms with E-state index in [-0.39, 0.29) is 23.6 Å². The number of benzene rings is 4. The molecule has 4 aromatic carbocycles. The SMILES string of the molecule is CN(CCCN(CCN1C(=O)c2cccc3cccc(c23)C1=O)CC1CC1)CCN1C(=O)c2cccc3c(-n4ccnc4)ccc(c23)C1=O. The van der Waals surface area contributed by atoms with Crippen LogP contribution in [0.1, 0.15) is 60.7 Å². The molecular formula is C39H38N6O4. The van der Waals surface area contributed by atoms with Crippen LogP contribution in [-0.2, 0) is 0 Å². The molecule has 10 nitrogen and oxygen atoms in total. The van der Waals surface area contributed by atoms with Gasteiger partial charge in [-0.3, -0.25) is 29.0 Å². The Balaban J connectivity index is 0.877. The average Bonchev–Trinajstić information content (AvgIpc) is 3.77. The molecule has 2 aliphatic heterocycles. The Morgan fingerprint density at radius 2 is 1.31 bits per heavy atom. The molecule has 0 atom stereocenters. The molecule has 0 bridgehead atoms. The van der Waals surface area contributed by atoms with Crippen molar-refractivity contribution in [2.45, 2.75) is 19.3 Å². The number of rotatable bonds is 13. The van der Waals surface area contributed by atoms with Gasteiger partial charge in [0, 0.05) is 83.5 Å². The van der Waals surface area contributed by atoms with Crippen LogP contribution in [0.4, 0.5) is 0 Å². The lowest BCUT2D eigenvalue weighted by molar-refractivity contribution is 0.0583. The molecule has 5 aromatic rings. The van der Waals surface area contributed by atoms with Gasteiger partial charge < -0.3 is 14.4 Å². The molecule has 1 aromatic heterocycles. The Bertz CT molecular complexity index is 2050. The van der Waals surface area contributed by atoms with E-state index in [2.05, 4.69) is 14.8 Å². The van der Waals surface area contributed by atoms with Crippen LogP contribution in [0.2, 0.25) is 0 Å². The maximum Gasteiger partial charge on any atom is 0.261 e. The largest absolute Gasteiger partial charge is 0.306 e. The summed E-state index contributed by atoms with van der Waals surface area (Å²) in [5, 5.41) is 3.20. The Morgan fingerprint density at radius 1 is 0.694 bits per heavy atom. The third-order valence-electron chi connectivity index (χ3n) is 10.2. The van der Waals surface area contributed by atoms with Crippen LogP contribution in [-0.4, -0.2) is 106 Å². The van der Waals surface area contributed by atoms with Crippen LogP contribution in [0.15, 0.2) is 85.5 Å². The van der Waals surface area contributed by atoms with E-state index in [4.69, 9.17) is 0 Å². The van der Waals surface area contributed by atoms with Gasteiger partial charge in [0.25, 0.3) is 23.6 Å². The van der Waals surface area contributed by atoms with Gasteiger partial charge in [0.1, 0.15) is 0 Å². The van der Waals surface area contributed by atoms with Crippen LogP contribution in [0, 0.1) is 5.92 Å². The van der Waals surface area contributed by atoms with Crippen LogP contribution in [0.25, 0.3) is 27.2 Å². The van der Waals surface area contributed by atoms with Crippen LogP contribution < -0.4 is 0 Å². The summed E-state index contributed by atoms with van der Waals surface area (Å²) in [5.41, 5.74) is 3.14. The second-order valence-electron chi connectivity index (χ2n) is 13.5. The van der Waals surface area contributed by atoms with Gasteiger partial charge >= 0.3 is 0 Å². The van der Waals surface area contributed by atoms with Crippen LogP contribution >= 0.6 is 0 Å². The van der Waals surface area contributed by atoms with Gasteiger partial charge in [-0.25, -0.2) is 4.98 Å². The van der Waals surface area contributed by atoms with E-state index < -0.39 is 0 Å². The zero-order valence-corrected chi connectivity index (χ0v) is 27.5. The highest BCUT2D eigenvalue weighted by molar-refractivity contribution is 6.27. The van der Waals surface area contributed by atoms with E-state index >= 15 is 0 Å². The molecular weight excluding hydrogens is 616 g/mol. The lowest BCUT2D eigenvalue weighted by Crippen LogP contribution is -2.45. The van der Waals surface area contributed by atoms with Gasteiger partial charge in [0.2, 0.25) is 0 Å². The first-order chi connectivity index (χ1) is 23.9. The van der Waals surface area contributed by atoms with Crippen LogP contribution in [0.3, 0.4) is 0 Å². The van der Waals surface area contributed by atoms with E-state index in [1.807, 2.05) is 78.5 Å². The molecule has 0 unspecified atom stereocenters. The molecule has 4 amide bonds. The fraction of sp³-hybridized carbons (Fsp3) is 0.308. The van der Waals surface area contributed by atoms with Crippen molar-refractivity contribution < 1.29 is 19.2 Å². The second-order valence-corrected chi connectivity index (χ2v) is 13.5. The molecule has 49 heavy (non-hydrogen) atoms. The van der Waals surface area contributed by atoms with E-state index in [9.17, 15) is 19.2 Å². The molecule has 248 valence electrons. The summed E-state index contributed by atoms with van der Waals surface area (Å²) in [6.07, 6.45) is 8.57. The molecule has 3 heterocycles. The fourth-order valence-electron chi connectivity index (χ4n) is 7.39. The lowest BCUT2D eigenvalue weighted by Gasteiger charge is -2.31. The minimum absolute atomic E-state index is 0.222. The van der Waals surface area contributed by atoms with Crippen molar-refractivity contribution in [2.75, 3.05) is 52.9 Å². The number of imidazole rings is 1. The second kappa shape index (κ2) is 12.7. The normalized spacial score (nSPS) is 15.9. The molecule has 1 fully saturated rings. The van der Waals surface area contributed by atoms with Crippen molar-refractivity contribution in [1.82, 2.24) is 29.2 Å². The predicted molar refractivity (Wildman–Crippen MR) is 187 cm³/mol. The summed E-state index contributed by atoms with van der Waals surface area (Å²) in [5.74, 6) is -0.315. The molecule has 8 rings (SSSR count). The predicted octanol–water partition coefficient (Wildman–Crippen LogP) is 5.10. The molecule has 0 N–H and O–H groups in total. The minimum Gasteiger partial charge on any atom is -0.306 e. The van der Waals surface area contributed by atoms with Crippen LogP contribution in [0.5, 0.6) is 0 Å².